The molecule has 0 aliphatic carbocycles. The molecule has 1 unspecified atom stereocenters. The summed E-state index contributed by atoms with van der Waals surface area (Å²) in [6.07, 6.45) is 2.21. The summed E-state index contributed by atoms with van der Waals surface area (Å²) in [5, 5.41) is 8.94. The quantitative estimate of drug-likeness (QED) is 0.465. The van der Waals surface area contributed by atoms with E-state index >= 15 is 0 Å². The van der Waals surface area contributed by atoms with Crippen LogP contribution >= 0.6 is 0 Å². The van der Waals surface area contributed by atoms with Crippen LogP contribution in [0.5, 0.6) is 0 Å². The van der Waals surface area contributed by atoms with Gasteiger partial charge in [0.1, 0.15) is 6.10 Å². The number of hydrogen-bond acceptors (Lipinski definition) is 4. The zero-order valence-electron chi connectivity index (χ0n) is 11.9. The lowest BCUT2D eigenvalue weighted by atomic mass is 10.3. The minimum absolute atomic E-state index is 0.477. The van der Waals surface area contributed by atoms with E-state index in [-0.39, 0.29) is 0 Å². The van der Waals surface area contributed by atoms with Gasteiger partial charge in [-0.2, -0.15) is 0 Å². The van der Waals surface area contributed by atoms with Crippen LogP contribution in [0.2, 0.25) is 6.04 Å². The van der Waals surface area contributed by atoms with Crippen LogP contribution < -0.4 is 0 Å². The van der Waals surface area contributed by atoms with Gasteiger partial charge in [-0.3, -0.25) is 0 Å². The highest BCUT2D eigenvalue weighted by atomic mass is 28.4. The molecule has 0 fully saturated rings. The van der Waals surface area contributed by atoms with Crippen LogP contribution in [0.15, 0.2) is 0 Å². The van der Waals surface area contributed by atoms with Gasteiger partial charge in [0, 0.05) is 19.3 Å². The molecule has 1 atom stereocenters. The van der Waals surface area contributed by atoms with Crippen molar-refractivity contribution >= 4 is 14.8 Å². The van der Waals surface area contributed by atoms with Crippen molar-refractivity contribution in [1.29, 1.82) is 0 Å². The summed E-state index contributed by atoms with van der Waals surface area (Å²) in [5.41, 5.74) is 0. The molecule has 6 heteroatoms. The molecule has 0 aromatic carbocycles. The predicted molar refractivity (Wildman–Crippen MR) is 71.5 cm³/mol. The first kappa shape index (κ1) is 17.6. The third-order valence-electron chi connectivity index (χ3n) is 2.52. The Bertz CT molecular complexity index is 229. The second-order valence-electron chi connectivity index (χ2n) is 4.10. The fraction of sp³-hybridized carbons (Fsp3) is 0.917. The van der Waals surface area contributed by atoms with E-state index in [4.69, 9.17) is 18.4 Å². The zero-order valence-corrected chi connectivity index (χ0v) is 12.9. The lowest BCUT2D eigenvalue weighted by Crippen LogP contribution is -2.49. The van der Waals surface area contributed by atoms with Crippen LogP contribution in [0.25, 0.3) is 0 Å². The first-order chi connectivity index (χ1) is 8.51. The van der Waals surface area contributed by atoms with Crippen LogP contribution in [0.4, 0.5) is 0 Å². The van der Waals surface area contributed by atoms with Crippen LogP contribution in [0, 0.1) is 0 Å². The van der Waals surface area contributed by atoms with Gasteiger partial charge < -0.3 is 18.4 Å². The SMILES string of the molecule is CCCCC[Si](OCC)(OCC)OC(C)C(=O)O. The molecule has 0 aromatic heterocycles. The molecule has 5 nitrogen and oxygen atoms in total. The van der Waals surface area contributed by atoms with Gasteiger partial charge in [-0.15, -0.1) is 0 Å². The third-order valence-corrected chi connectivity index (χ3v) is 5.65. The van der Waals surface area contributed by atoms with Gasteiger partial charge in [-0.1, -0.05) is 19.8 Å². The van der Waals surface area contributed by atoms with Crippen molar-refractivity contribution in [2.24, 2.45) is 0 Å². The second-order valence-corrected chi connectivity index (χ2v) is 6.78. The Morgan fingerprint density at radius 1 is 1.17 bits per heavy atom. The van der Waals surface area contributed by atoms with E-state index in [1.54, 1.807) is 0 Å². The molecule has 0 bridgehead atoms. The van der Waals surface area contributed by atoms with Gasteiger partial charge in [0.2, 0.25) is 0 Å². The summed E-state index contributed by atoms with van der Waals surface area (Å²) < 4.78 is 17.0. The number of hydrogen-bond donors (Lipinski definition) is 1. The molecule has 0 aliphatic heterocycles. The smallest absolute Gasteiger partial charge is 0.479 e. The summed E-state index contributed by atoms with van der Waals surface area (Å²) in [7, 11) is -2.84. The first-order valence-electron chi connectivity index (χ1n) is 6.69. The van der Waals surface area contributed by atoms with Gasteiger partial charge in [-0.25, -0.2) is 4.79 Å². The monoisotopic (exact) mass is 278 g/mol. The van der Waals surface area contributed by atoms with Gasteiger partial charge in [0.25, 0.3) is 0 Å². The normalized spacial score (nSPS) is 13.6. The molecular formula is C12H26O5Si. The van der Waals surface area contributed by atoms with E-state index in [0.29, 0.717) is 19.3 Å². The Balaban J connectivity index is 4.65. The highest BCUT2D eigenvalue weighted by Gasteiger charge is 2.42. The Labute approximate surface area is 111 Å². The standard InChI is InChI=1S/C12H26O5Si/c1-5-8-9-10-18(15-6-2,16-7-3)17-11(4)12(13)14/h11H,5-10H2,1-4H3,(H,13,14). The molecule has 0 aliphatic rings. The third kappa shape index (κ3) is 6.49. The number of carboxylic acid groups (broad SMARTS) is 1. The molecule has 0 saturated carbocycles. The maximum atomic E-state index is 10.9. The summed E-state index contributed by atoms with van der Waals surface area (Å²) in [5.74, 6) is -0.984. The van der Waals surface area contributed by atoms with Gasteiger partial charge in [0.05, 0.1) is 0 Å². The van der Waals surface area contributed by atoms with E-state index in [9.17, 15) is 4.79 Å². The number of unbranched alkanes of at least 4 members (excludes halogenated alkanes) is 2. The summed E-state index contributed by atoms with van der Waals surface area (Å²) in [6.45, 7) is 8.33. The second kappa shape index (κ2) is 9.49. The molecule has 0 radical (unpaired) electrons. The van der Waals surface area contributed by atoms with Crippen molar-refractivity contribution in [3.05, 3.63) is 0 Å². The summed E-state index contributed by atoms with van der Waals surface area (Å²) in [6, 6.07) is 0.681. The molecule has 1 N–H and O–H groups in total. The van der Waals surface area contributed by atoms with Crippen molar-refractivity contribution in [3.63, 3.8) is 0 Å². The Hall–Kier alpha value is -0.433. The van der Waals surface area contributed by atoms with Gasteiger partial charge in [-0.05, 0) is 27.2 Å². The highest BCUT2D eigenvalue weighted by molar-refractivity contribution is 6.60. The van der Waals surface area contributed by atoms with Crippen molar-refractivity contribution in [3.8, 4) is 0 Å². The van der Waals surface area contributed by atoms with Crippen LogP contribution in [-0.4, -0.2) is 39.2 Å². The molecular weight excluding hydrogens is 252 g/mol. The topological polar surface area (TPSA) is 65.0 Å². The molecule has 18 heavy (non-hydrogen) atoms. The largest absolute Gasteiger partial charge is 0.501 e. The molecule has 108 valence electrons. The van der Waals surface area contributed by atoms with E-state index in [0.717, 1.165) is 19.3 Å². The van der Waals surface area contributed by atoms with Crippen molar-refractivity contribution in [2.75, 3.05) is 13.2 Å². The number of rotatable bonds is 11. The van der Waals surface area contributed by atoms with Crippen LogP contribution in [0.3, 0.4) is 0 Å². The van der Waals surface area contributed by atoms with Crippen LogP contribution in [-0.2, 0) is 18.1 Å². The summed E-state index contributed by atoms with van der Waals surface area (Å²) in [4.78, 5) is 10.9. The van der Waals surface area contributed by atoms with Gasteiger partial charge >= 0.3 is 14.8 Å². The molecule has 0 aromatic rings. The molecule has 0 amide bonds. The fourth-order valence-corrected chi connectivity index (χ4v) is 4.49. The molecule has 0 spiro atoms. The van der Waals surface area contributed by atoms with Crippen LogP contribution in [0.1, 0.15) is 47.0 Å². The molecule has 0 heterocycles. The Morgan fingerprint density at radius 2 is 1.72 bits per heavy atom. The maximum Gasteiger partial charge on any atom is 0.501 e. The fourth-order valence-electron chi connectivity index (χ4n) is 1.66. The molecule has 0 rings (SSSR count). The molecule has 0 saturated heterocycles. The van der Waals surface area contributed by atoms with Crippen molar-refractivity contribution in [2.45, 2.75) is 59.1 Å². The minimum Gasteiger partial charge on any atom is -0.479 e. The highest BCUT2D eigenvalue weighted by Crippen LogP contribution is 2.21. The van der Waals surface area contributed by atoms with Gasteiger partial charge in [0.15, 0.2) is 0 Å². The predicted octanol–water partition coefficient (Wildman–Crippen LogP) is 2.68. The maximum absolute atomic E-state index is 10.9. The van der Waals surface area contributed by atoms with E-state index in [1.807, 2.05) is 13.8 Å². The lowest BCUT2D eigenvalue weighted by molar-refractivity contribution is -0.146. The van der Waals surface area contributed by atoms with E-state index in [1.165, 1.54) is 6.92 Å². The Kier molecular flexibility index (Phi) is 9.26. The number of aliphatic carboxylic acids is 1. The van der Waals surface area contributed by atoms with E-state index in [2.05, 4.69) is 6.92 Å². The Morgan fingerprint density at radius 3 is 2.11 bits per heavy atom. The van der Waals surface area contributed by atoms with Crippen molar-refractivity contribution < 1.29 is 23.2 Å². The average Bonchev–Trinajstić information content (AvgIpc) is 2.29. The van der Waals surface area contributed by atoms with E-state index < -0.39 is 20.9 Å². The number of carbonyl (C=O) groups is 1. The summed E-state index contributed by atoms with van der Waals surface area (Å²) >= 11 is 0. The number of carboxylic acids is 1. The zero-order chi connectivity index (χ0) is 14.0. The first-order valence-corrected chi connectivity index (χ1v) is 8.63. The minimum atomic E-state index is -2.84. The average molecular weight is 278 g/mol. The van der Waals surface area contributed by atoms with Crippen molar-refractivity contribution in [1.82, 2.24) is 0 Å². The lowest BCUT2D eigenvalue weighted by Gasteiger charge is -2.30.